The summed E-state index contributed by atoms with van der Waals surface area (Å²) in [5, 5.41) is 6.02. The Hall–Kier alpha value is -2.00. The summed E-state index contributed by atoms with van der Waals surface area (Å²) in [4.78, 5) is 27.9. The maximum atomic E-state index is 12.2. The summed E-state index contributed by atoms with van der Waals surface area (Å²) in [5.74, 6) is -1.57. The maximum Gasteiger partial charge on any atom is 0.333 e. The molecule has 1 heterocycles. The first-order valence-electron chi connectivity index (χ1n) is 6.61. The fourth-order valence-electron chi connectivity index (χ4n) is 1.88. The molecule has 0 bridgehead atoms. The molecule has 1 aromatic heterocycles. The molecule has 0 radical (unpaired) electrons. The van der Waals surface area contributed by atoms with Crippen LogP contribution in [0.5, 0.6) is 0 Å². The number of rotatable bonds is 7. The number of primary sulfonamides is 1. The highest BCUT2D eigenvalue weighted by molar-refractivity contribution is 7.90. The number of pyridine rings is 1. The molecule has 0 spiro atoms. The molecule has 2 atom stereocenters. The number of hydrogen-bond acceptors (Lipinski definition) is 6. The fraction of sp³-hybridized carbons (Fsp3) is 0.462. The lowest BCUT2D eigenvalue weighted by Crippen LogP contribution is -2.46. The van der Waals surface area contributed by atoms with E-state index in [1.165, 1.54) is 19.5 Å². The molecule has 8 nitrogen and oxygen atoms in total. The monoisotopic (exact) mass is 329 g/mol. The number of nitrogens with one attached hydrogen (secondary N) is 1. The lowest BCUT2D eigenvalue weighted by molar-refractivity contribution is -0.145. The van der Waals surface area contributed by atoms with E-state index in [1.807, 2.05) is 0 Å². The number of sulfonamides is 1. The Balaban J connectivity index is 3.03. The van der Waals surface area contributed by atoms with Crippen molar-refractivity contribution in [2.24, 2.45) is 5.14 Å². The lowest BCUT2D eigenvalue weighted by atomic mass is 10.1. The van der Waals surface area contributed by atoms with Crippen molar-refractivity contribution in [3.05, 3.63) is 30.1 Å². The topological polar surface area (TPSA) is 128 Å². The van der Waals surface area contributed by atoms with Crippen LogP contribution in [0, 0.1) is 0 Å². The zero-order valence-corrected chi connectivity index (χ0v) is 13.2. The van der Waals surface area contributed by atoms with Crippen molar-refractivity contribution in [2.45, 2.75) is 31.1 Å². The van der Waals surface area contributed by atoms with Gasteiger partial charge in [-0.15, -0.1) is 0 Å². The Bertz CT molecular complexity index is 618. The van der Waals surface area contributed by atoms with Gasteiger partial charge in [0.2, 0.25) is 15.9 Å². The van der Waals surface area contributed by atoms with Gasteiger partial charge >= 0.3 is 5.97 Å². The third kappa shape index (κ3) is 4.78. The van der Waals surface area contributed by atoms with Gasteiger partial charge in [-0.2, -0.15) is 0 Å². The average Bonchev–Trinajstić information content (AvgIpc) is 2.49. The van der Waals surface area contributed by atoms with E-state index in [0.29, 0.717) is 12.0 Å². The first-order valence-corrected chi connectivity index (χ1v) is 8.22. The minimum absolute atomic E-state index is 0.0611. The minimum Gasteiger partial charge on any atom is -0.467 e. The molecule has 0 aromatic carbocycles. The largest absolute Gasteiger partial charge is 0.467 e. The number of esters is 1. The van der Waals surface area contributed by atoms with Gasteiger partial charge in [0.15, 0.2) is 11.3 Å². The van der Waals surface area contributed by atoms with Crippen LogP contribution < -0.4 is 10.5 Å². The summed E-state index contributed by atoms with van der Waals surface area (Å²) in [6.07, 6.45) is 3.40. The number of hydrogen-bond donors (Lipinski definition) is 2. The van der Waals surface area contributed by atoms with Gasteiger partial charge in [0.05, 0.1) is 7.11 Å². The zero-order valence-electron chi connectivity index (χ0n) is 12.4. The van der Waals surface area contributed by atoms with Gasteiger partial charge in [-0.05, 0) is 12.5 Å². The summed E-state index contributed by atoms with van der Waals surface area (Å²) in [6.45, 7) is 1.73. The predicted molar refractivity (Wildman–Crippen MR) is 78.9 cm³/mol. The van der Waals surface area contributed by atoms with E-state index in [9.17, 15) is 18.0 Å². The van der Waals surface area contributed by atoms with E-state index < -0.39 is 33.2 Å². The van der Waals surface area contributed by atoms with Crippen LogP contribution in [0.2, 0.25) is 0 Å². The van der Waals surface area contributed by atoms with Gasteiger partial charge in [-0.3, -0.25) is 9.78 Å². The quantitative estimate of drug-likeness (QED) is 0.670. The highest BCUT2D eigenvalue weighted by atomic mass is 32.2. The van der Waals surface area contributed by atoms with Gasteiger partial charge in [0.1, 0.15) is 0 Å². The Morgan fingerprint density at radius 1 is 1.45 bits per heavy atom. The number of nitrogens with two attached hydrogens (primary N) is 1. The van der Waals surface area contributed by atoms with E-state index in [4.69, 9.17) is 5.14 Å². The second-order valence-electron chi connectivity index (χ2n) is 4.62. The Morgan fingerprint density at radius 2 is 2.14 bits per heavy atom. The molecule has 0 aliphatic rings. The van der Waals surface area contributed by atoms with Crippen LogP contribution >= 0.6 is 0 Å². The van der Waals surface area contributed by atoms with E-state index >= 15 is 0 Å². The van der Waals surface area contributed by atoms with Crippen molar-refractivity contribution in [2.75, 3.05) is 7.11 Å². The van der Waals surface area contributed by atoms with Gasteiger partial charge < -0.3 is 10.1 Å². The normalized spacial score (nSPS) is 14.0. The Morgan fingerprint density at radius 3 is 2.59 bits per heavy atom. The molecule has 0 aliphatic heterocycles. The van der Waals surface area contributed by atoms with E-state index in [2.05, 4.69) is 15.0 Å². The Labute approximate surface area is 129 Å². The van der Waals surface area contributed by atoms with Crippen molar-refractivity contribution in [1.29, 1.82) is 0 Å². The summed E-state index contributed by atoms with van der Waals surface area (Å²) in [5.41, 5.74) is 0.382. The molecule has 1 rings (SSSR count). The third-order valence-corrected chi connectivity index (χ3v) is 4.22. The molecule has 2 unspecified atom stereocenters. The van der Waals surface area contributed by atoms with Gasteiger partial charge in [0.25, 0.3) is 0 Å². The van der Waals surface area contributed by atoms with Crippen molar-refractivity contribution in [1.82, 2.24) is 10.3 Å². The van der Waals surface area contributed by atoms with E-state index in [-0.39, 0.29) is 6.42 Å². The Kier molecular flexibility index (Phi) is 6.44. The van der Waals surface area contributed by atoms with Crippen LogP contribution in [-0.2, 0) is 24.3 Å². The van der Waals surface area contributed by atoms with Crippen LogP contribution in [0.4, 0.5) is 0 Å². The fourth-order valence-corrected chi connectivity index (χ4v) is 2.82. The molecule has 9 heteroatoms. The number of amides is 1. The number of aromatic nitrogens is 1. The van der Waals surface area contributed by atoms with Crippen LogP contribution in [-0.4, -0.2) is 37.6 Å². The molecule has 0 saturated heterocycles. The molecule has 0 fully saturated rings. The maximum absolute atomic E-state index is 12.2. The number of methoxy groups -OCH3 is 1. The molecule has 0 saturated carbocycles. The van der Waals surface area contributed by atoms with Crippen molar-refractivity contribution in [3.8, 4) is 0 Å². The first kappa shape index (κ1) is 18.1. The second-order valence-corrected chi connectivity index (χ2v) is 6.36. The minimum atomic E-state index is -4.07. The summed E-state index contributed by atoms with van der Waals surface area (Å²) in [7, 11) is -2.90. The van der Waals surface area contributed by atoms with E-state index in [1.54, 1.807) is 19.1 Å². The summed E-state index contributed by atoms with van der Waals surface area (Å²) < 4.78 is 27.6. The highest BCUT2D eigenvalue weighted by Crippen LogP contribution is 2.15. The molecule has 22 heavy (non-hydrogen) atoms. The predicted octanol–water partition coefficient (Wildman–Crippen LogP) is -0.131. The lowest BCUT2D eigenvalue weighted by Gasteiger charge is -2.20. The van der Waals surface area contributed by atoms with Crippen LogP contribution in [0.1, 0.15) is 31.4 Å². The van der Waals surface area contributed by atoms with Gasteiger partial charge in [0, 0.05) is 18.0 Å². The van der Waals surface area contributed by atoms with Gasteiger partial charge in [-0.25, -0.2) is 18.4 Å². The molecule has 0 aliphatic carbocycles. The highest BCUT2D eigenvalue weighted by Gasteiger charge is 2.33. The molecular formula is C13H19N3O5S. The second kappa shape index (κ2) is 7.85. The van der Waals surface area contributed by atoms with Gasteiger partial charge in [-0.1, -0.05) is 19.4 Å². The van der Waals surface area contributed by atoms with Crippen molar-refractivity contribution in [3.63, 3.8) is 0 Å². The molecule has 1 amide bonds. The molecular weight excluding hydrogens is 310 g/mol. The summed E-state index contributed by atoms with van der Waals surface area (Å²) >= 11 is 0. The van der Waals surface area contributed by atoms with E-state index in [0.717, 1.165) is 0 Å². The van der Waals surface area contributed by atoms with Crippen molar-refractivity contribution >= 4 is 21.9 Å². The number of carbonyl (C=O) groups is 2. The molecule has 122 valence electrons. The smallest absolute Gasteiger partial charge is 0.333 e. The third-order valence-electron chi connectivity index (χ3n) is 2.98. The van der Waals surface area contributed by atoms with Crippen LogP contribution in [0.3, 0.4) is 0 Å². The summed E-state index contributed by atoms with van der Waals surface area (Å²) in [6, 6.07) is 2.01. The zero-order chi connectivity index (χ0) is 16.8. The standard InChI is InChI=1S/C13H19N3O5S/c1-3-5-10(22(14,19)20)12(17)16-11(13(18)21-2)9-6-4-7-15-8-9/h4,6-8,10-11H,3,5H2,1-2H3,(H,16,17)(H2,14,19,20). The number of carbonyl (C=O) groups excluding carboxylic acids is 2. The molecule has 3 N–H and O–H groups in total. The van der Waals surface area contributed by atoms with Crippen LogP contribution in [0.25, 0.3) is 0 Å². The average molecular weight is 329 g/mol. The molecule has 1 aromatic rings. The number of nitrogens with zero attached hydrogens (tertiary/aromatic N) is 1. The SMILES string of the molecule is CCCC(C(=O)NC(C(=O)OC)c1cccnc1)S(N)(=O)=O. The first-order chi connectivity index (χ1) is 10.3. The number of ether oxygens (including phenoxy) is 1. The van der Waals surface area contributed by atoms with Crippen LogP contribution in [0.15, 0.2) is 24.5 Å². The van der Waals surface area contributed by atoms with Crippen molar-refractivity contribution < 1.29 is 22.7 Å².